The van der Waals surface area contributed by atoms with Crippen molar-refractivity contribution in [2.45, 2.75) is 27.2 Å². The number of hydrogen-bond donors (Lipinski definition) is 2. The van der Waals surface area contributed by atoms with Crippen LogP contribution in [0.5, 0.6) is 5.75 Å². The molecule has 2 heterocycles. The molecule has 0 fully saturated rings. The van der Waals surface area contributed by atoms with E-state index in [1.165, 1.54) is 30.7 Å². The molecular formula is C17H21N3O5S. The van der Waals surface area contributed by atoms with Crippen molar-refractivity contribution in [3.05, 3.63) is 38.8 Å². The maximum atomic E-state index is 12.0. The summed E-state index contributed by atoms with van der Waals surface area (Å²) in [6, 6.07) is 1.38. The van der Waals surface area contributed by atoms with Gasteiger partial charge in [-0.25, -0.2) is 9.78 Å². The molecule has 0 bridgehead atoms. The lowest BCUT2D eigenvalue weighted by molar-refractivity contribution is -0.118. The van der Waals surface area contributed by atoms with E-state index in [9.17, 15) is 14.4 Å². The van der Waals surface area contributed by atoms with E-state index in [0.717, 1.165) is 4.88 Å². The molecular weight excluding hydrogens is 358 g/mol. The molecule has 2 rings (SSSR count). The molecule has 0 aliphatic heterocycles. The lowest BCUT2D eigenvalue weighted by Gasteiger charge is -2.05. The van der Waals surface area contributed by atoms with Crippen LogP contribution >= 0.6 is 11.3 Å². The van der Waals surface area contributed by atoms with Gasteiger partial charge in [0.25, 0.3) is 5.91 Å². The van der Waals surface area contributed by atoms with E-state index in [0.29, 0.717) is 18.0 Å². The van der Waals surface area contributed by atoms with Gasteiger partial charge in [0, 0.05) is 22.8 Å². The van der Waals surface area contributed by atoms with Crippen LogP contribution in [-0.4, -0.2) is 35.6 Å². The highest BCUT2D eigenvalue weighted by molar-refractivity contribution is 7.16. The maximum absolute atomic E-state index is 12.0. The molecule has 0 atom stereocenters. The highest BCUT2D eigenvalue weighted by Gasteiger charge is 2.20. The van der Waals surface area contributed by atoms with Crippen LogP contribution in [0.2, 0.25) is 0 Å². The zero-order valence-electron chi connectivity index (χ0n) is 15.0. The number of H-pyrrole nitrogens is 1. The van der Waals surface area contributed by atoms with Crippen LogP contribution in [0.15, 0.2) is 17.1 Å². The molecule has 140 valence electrons. The third kappa shape index (κ3) is 5.16. The van der Waals surface area contributed by atoms with E-state index >= 15 is 0 Å². The monoisotopic (exact) mass is 379 g/mol. The average Bonchev–Trinajstić information content (AvgIpc) is 2.94. The van der Waals surface area contributed by atoms with Gasteiger partial charge in [0.1, 0.15) is 0 Å². The van der Waals surface area contributed by atoms with Crippen LogP contribution in [0.4, 0.5) is 5.13 Å². The van der Waals surface area contributed by atoms with E-state index < -0.39 is 11.9 Å². The molecule has 0 radical (unpaired) electrons. The molecule has 0 unspecified atom stereocenters. The topological polar surface area (TPSA) is 110 Å². The molecule has 2 aromatic heterocycles. The van der Waals surface area contributed by atoms with Gasteiger partial charge in [-0.05, 0) is 19.3 Å². The maximum Gasteiger partial charge on any atom is 0.357 e. The third-order valence-corrected chi connectivity index (χ3v) is 4.29. The number of aryl methyl sites for hydroxylation is 1. The zero-order chi connectivity index (χ0) is 19.3. The summed E-state index contributed by atoms with van der Waals surface area (Å²) in [5, 5.41) is 2.86. The van der Waals surface area contributed by atoms with E-state index in [1.807, 2.05) is 13.8 Å². The molecule has 9 heteroatoms. The van der Waals surface area contributed by atoms with Crippen LogP contribution in [-0.2, 0) is 16.0 Å². The second-order valence-electron chi connectivity index (χ2n) is 6.06. The number of amides is 1. The number of methoxy groups -OCH3 is 1. The second-order valence-corrected chi connectivity index (χ2v) is 7.15. The van der Waals surface area contributed by atoms with E-state index in [4.69, 9.17) is 9.47 Å². The Labute approximate surface area is 154 Å². The number of ether oxygens (including phenoxy) is 2. The van der Waals surface area contributed by atoms with Crippen molar-refractivity contribution in [2.24, 2.45) is 5.92 Å². The first-order valence-corrected chi connectivity index (χ1v) is 8.81. The molecule has 0 aromatic carbocycles. The molecule has 1 amide bonds. The smallest absolute Gasteiger partial charge is 0.357 e. The first-order chi connectivity index (χ1) is 12.3. The fourth-order valence-electron chi connectivity index (χ4n) is 2.14. The number of carbonyl (C=O) groups excluding carboxylic acids is 2. The Kier molecular flexibility index (Phi) is 6.51. The number of nitrogens with zero attached hydrogens (tertiary/aromatic N) is 1. The average molecular weight is 379 g/mol. The number of esters is 1. The lowest BCUT2D eigenvalue weighted by atomic mass is 10.1. The number of aromatic nitrogens is 2. The minimum atomic E-state index is -0.542. The standard InChI is InChI=1S/C17H21N3O5S/c1-9(2)5-13-15(16(23)24-4)20-17(26-13)19-14(22)8-25-12-7-18-10(3)6-11(12)21/h6-7,9H,5,8H2,1-4H3,(H,18,21)(H,19,20,22). The van der Waals surface area contributed by atoms with Crippen molar-refractivity contribution in [2.75, 3.05) is 19.0 Å². The molecule has 0 spiro atoms. The van der Waals surface area contributed by atoms with E-state index in [1.54, 1.807) is 6.92 Å². The largest absolute Gasteiger partial charge is 0.478 e. The Morgan fingerprint density at radius 3 is 2.73 bits per heavy atom. The van der Waals surface area contributed by atoms with Gasteiger partial charge in [-0.1, -0.05) is 13.8 Å². The fourth-order valence-corrected chi connectivity index (χ4v) is 3.32. The van der Waals surface area contributed by atoms with E-state index in [-0.39, 0.29) is 28.6 Å². The molecule has 0 aliphatic carbocycles. The molecule has 8 nitrogen and oxygen atoms in total. The zero-order valence-corrected chi connectivity index (χ0v) is 15.9. The predicted octanol–water partition coefficient (Wildman–Crippen LogP) is 2.14. The summed E-state index contributed by atoms with van der Waals surface area (Å²) in [7, 11) is 1.28. The van der Waals surface area contributed by atoms with Crippen LogP contribution < -0.4 is 15.5 Å². The summed E-state index contributed by atoms with van der Waals surface area (Å²) < 4.78 is 9.96. The lowest BCUT2D eigenvalue weighted by Crippen LogP contribution is -2.22. The Bertz CT molecular complexity index is 856. The molecule has 0 saturated carbocycles. The third-order valence-electron chi connectivity index (χ3n) is 3.30. The first kappa shape index (κ1) is 19.6. The molecule has 0 saturated heterocycles. The molecule has 2 N–H and O–H groups in total. The van der Waals surface area contributed by atoms with E-state index in [2.05, 4.69) is 15.3 Å². The number of rotatable bonds is 7. The van der Waals surface area contributed by atoms with Gasteiger partial charge in [0.15, 0.2) is 23.2 Å². The predicted molar refractivity (Wildman–Crippen MR) is 97.9 cm³/mol. The van der Waals surface area contributed by atoms with Gasteiger partial charge in [-0.2, -0.15) is 0 Å². The second kappa shape index (κ2) is 8.61. The fraction of sp³-hybridized carbons (Fsp3) is 0.412. The minimum absolute atomic E-state index is 0.0561. The number of anilines is 1. The SMILES string of the molecule is COC(=O)c1nc(NC(=O)COc2c[nH]c(C)cc2=O)sc1CC(C)C. The highest BCUT2D eigenvalue weighted by Crippen LogP contribution is 2.26. The number of aromatic amines is 1. The van der Waals surface area contributed by atoms with Crippen LogP contribution in [0.3, 0.4) is 0 Å². The van der Waals surface area contributed by atoms with Gasteiger partial charge in [0.2, 0.25) is 5.43 Å². The van der Waals surface area contributed by atoms with Gasteiger partial charge < -0.3 is 14.5 Å². The summed E-state index contributed by atoms with van der Waals surface area (Å²) in [5.41, 5.74) is 0.593. The summed E-state index contributed by atoms with van der Waals surface area (Å²) in [5.74, 6) is -0.647. The Hall–Kier alpha value is -2.68. The molecule has 26 heavy (non-hydrogen) atoms. The van der Waals surface area contributed by atoms with Crippen molar-refractivity contribution in [1.29, 1.82) is 0 Å². The molecule has 0 aliphatic rings. The van der Waals surface area contributed by atoms with Gasteiger partial charge >= 0.3 is 5.97 Å². The van der Waals surface area contributed by atoms with Crippen LogP contribution in [0.1, 0.15) is 34.9 Å². The highest BCUT2D eigenvalue weighted by atomic mass is 32.1. The van der Waals surface area contributed by atoms with Crippen molar-refractivity contribution in [1.82, 2.24) is 9.97 Å². The normalized spacial score (nSPS) is 10.7. The molecule has 2 aromatic rings. The van der Waals surface area contributed by atoms with Crippen molar-refractivity contribution >= 4 is 28.3 Å². The number of nitrogens with one attached hydrogen (secondary N) is 2. The number of thiazole rings is 1. The minimum Gasteiger partial charge on any atom is -0.478 e. The first-order valence-electron chi connectivity index (χ1n) is 8.00. The van der Waals surface area contributed by atoms with Crippen molar-refractivity contribution in [3.8, 4) is 5.75 Å². The number of pyridine rings is 1. The summed E-state index contributed by atoms with van der Waals surface area (Å²) in [6.07, 6.45) is 2.05. The summed E-state index contributed by atoms with van der Waals surface area (Å²) in [4.78, 5) is 43.4. The Morgan fingerprint density at radius 1 is 1.38 bits per heavy atom. The Morgan fingerprint density at radius 2 is 2.12 bits per heavy atom. The number of hydrogen-bond acceptors (Lipinski definition) is 7. The quantitative estimate of drug-likeness (QED) is 0.713. The van der Waals surface area contributed by atoms with Crippen LogP contribution in [0, 0.1) is 12.8 Å². The van der Waals surface area contributed by atoms with Gasteiger partial charge in [-0.3, -0.25) is 14.9 Å². The van der Waals surface area contributed by atoms with Gasteiger partial charge in [0.05, 0.1) is 7.11 Å². The summed E-state index contributed by atoms with van der Waals surface area (Å²) >= 11 is 1.22. The summed E-state index contributed by atoms with van der Waals surface area (Å²) in [6.45, 7) is 5.44. The number of carbonyl (C=O) groups is 2. The van der Waals surface area contributed by atoms with Crippen molar-refractivity contribution < 1.29 is 19.1 Å². The Balaban J connectivity index is 2.05. The van der Waals surface area contributed by atoms with Crippen molar-refractivity contribution in [3.63, 3.8) is 0 Å². The van der Waals surface area contributed by atoms with Crippen LogP contribution in [0.25, 0.3) is 0 Å². The van der Waals surface area contributed by atoms with Gasteiger partial charge in [-0.15, -0.1) is 11.3 Å².